The number of carbonyl (C=O) groups excluding carboxylic acids is 1. The zero-order chi connectivity index (χ0) is 13.9. The maximum absolute atomic E-state index is 11.4. The molecule has 18 heavy (non-hydrogen) atoms. The second-order valence-electron chi connectivity index (χ2n) is 5.55. The normalized spacial score (nSPS) is 13.0. The summed E-state index contributed by atoms with van der Waals surface area (Å²) >= 11 is 0. The molecule has 0 aliphatic heterocycles. The summed E-state index contributed by atoms with van der Waals surface area (Å²) in [6.45, 7) is 10.4. The van der Waals surface area contributed by atoms with Gasteiger partial charge in [-0.2, -0.15) is 0 Å². The number of nitrogens with one attached hydrogen (secondary N) is 1. The molecule has 1 aromatic heterocycles. The number of hydrogen-bond acceptors (Lipinski definition) is 4. The van der Waals surface area contributed by atoms with Crippen molar-refractivity contribution in [2.75, 3.05) is 12.4 Å². The van der Waals surface area contributed by atoms with E-state index in [1.165, 1.54) is 7.11 Å². The van der Waals surface area contributed by atoms with E-state index in [1.807, 2.05) is 6.07 Å². The minimum Gasteiger partial charge on any atom is -0.465 e. The maximum Gasteiger partial charge on any atom is 0.339 e. The molecule has 0 spiro atoms. The zero-order valence-corrected chi connectivity index (χ0v) is 12.0. The van der Waals surface area contributed by atoms with E-state index >= 15 is 0 Å². The van der Waals surface area contributed by atoms with Gasteiger partial charge < -0.3 is 10.1 Å². The minimum atomic E-state index is -0.351. The second-order valence-corrected chi connectivity index (χ2v) is 5.55. The Hall–Kier alpha value is -1.58. The third-order valence-electron chi connectivity index (χ3n) is 3.15. The molecule has 1 heterocycles. The molecule has 0 fully saturated rings. The Kier molecular flexibility index (Phi) is 4.33. The van der Waals surface area contributed by atoms with Gasteiger partial charge in [0.15, 0.2) is 0 Å². The summed E-state index contributed by atoms with van der Waals surface area (Å²) in [6, 6.07) is 3.83. The topological polar surface area (TPSA) is 51.2 Å². The Morgan fingerprint density at radius 2 is 2.00 bits per heavy atom. The fraction of sp³-hybridized carbons (Fsp3) is 0.571. The van der Waals surface area contributed by atoms with Crippen molar-refractivity contribution in [1.82, 2.24) is 4.98 Å². The molecule has 0 bridgehead atoms. The van der Waals surface area contributed by atoms with Gasteiger partial charge in [-0.05, 0) is 31.4 Å². The predicted octanol–water partition coefficient (Wildman–Crippen LogP) is 3.02. The molecule has 0 radical (unpaired) electrons. The molecule has 1 N–H and O–H groups in total. The van der Waals surface area contributed by atoms with Crippen LogP contribution in [0.5, 0.6) is 0 Å². The molecule has 100 valence electrons. The van der Waals surface area contributed by atoms with Gasteiger partial charge in [-0.3, -0.25) is 0 Å². The number of pyridine rings is 1. The molecule has 0 saturated carbocycles. The lowest BCUT2D eigenvalue weighted by Crippen LogP contribution is -2.31. The molecule has 4 nitrogen and oxygen atoms in total. The van der Waals surface area contributed by atoms with Crippen molar-refractivity contribution in [1.29, 1.82) is 0 Å². The van der Waals surface area contributed by atoms with Crippen LogP contribution in [-0.2, 0) is 4.74 Å². The van der Waals surface area contributed by atoms with Crippen molar-refractivity contribution < 1.29 is 9.53 Å². The minimum absolute atomic E-state index is 0.149. The van der Waals surface area contributed by atoms with E-state index in [2.05, 4.69) is 38.0 Å². The van der Waals surface area contributed by atoms with E-state index in [4.69, 9.17) is 4.74 Å². The smallest absolute Gasteiger partial charge is 0.339 e. The maximum atomic E-state index is 11.4. The third-order valence-corrected chi connectivity index (χ3v) is 3.15. The fourth-order valence-corrected chi connectivity index (χ4v) is 1.41. The SMILES string of the molecule is COC(=O)c1ccc(NC(C)C(C)(C)C)nc1C. The summed E-state index contributed by atoms with van der Waals surface area (Å²) in [4.78, 5) is 15.8. The number of ether oxygens (including phenoxy) is 1. The van der Waals surface area contributed by atoms with Crippen molar-refractivity contribution in [3.8, 4) is 0 Å². The first-order valence-electron chi connectivity index (χ1n) is 6.08. The number of hydrogen-bond donors (Lipinski definition) is 1. The van der Waals surface area contributed by atoms with Crippen molar-refractivity contribution >= 4 is 11.8 Å². The molecule has 4 heteroatoms. The molecule has 0 amide bonds. The number of anilines is 1. The molecule has 0 saturated heterocycles. The molecule has 1 aromatic rings. The molecule has 0 aliphatic carbocycles. The Morgan fingerprint density at radius 1 is 1.39 bits per heavy atom. The van der Waals surface area contributed by atoms with Crippen molar-refractivity contribution in [3.63, 3.8) is 0 Å². The highest BCUT2D eigenvalue weighted by molar-refractivity contribution is 5.90. The molecule has 0 aromatic carbocycles. The van der Waals surface area contributed by atoms with Crippen molar-refractivity contribution in [2.24, 2.45) is 5.41 Å². The highest BCUT2D eigenvalue weighted by Crippen LogP contribution is 2.22. The molecule has 1 unspecified atom stereocenters. The second kappa shape index (κ2) is 5.38. The highest BCUT2D eigenvalue weighted by Gasteiger charge is 2.20. The first kappa shape index (κ1) is 14.5. The average molecular weight is 250 g/mol. The largest absolute Gasteiger partial charge is 0.465 e. The number of methoxy groups -OCH3 is 1. The van der Waals surface area contributed by atoms with Crippen LogP contribution in [0.4, 0.5) is 5.82 Å². The summed E-state index contributed by atoms with van der Waals surface area (Å²) in [5.74, 6) is 0.429. The van der Waals surface area contributed by atoms with E-state index in [1.54, 1.807) is 13.0 Å². The molecule has 1 rings (SSSR count). The van der Waals surface area contributed by atoms with Gasteiger partial charge >= 0.3 is 5.97 Å². The van der Waals surface area contributed by atoms with Gasteiger partial charge in [0.1, 0.15) is 5.82 Å². The highest BCUT2D eigenvalue weighted by atomic mass is 16.5. The number of nitrogens with zero attached hydrogens (tertiary/aromatic N) is 1. The Labute approximate surface area is 109 Å². The van der Waals surface area contributed by atoms with Crippen molar-refractivity contribution in [3.05, 3.63) is 23.4 Å². The molecular weight excluding hydrogens is 228 g/mol. The average Bonchev–Trinajstić information content (AvgIpc) is 2.27. The first-order chi connectivity index (χ1) is 8.25. The van der Waals surface area contributed by atoms with Crippen LogP contribution in [0.1, 0.15) is 43.7 Å². The predicted molar refractivity (Wildman–Crippen MR) is 72.9 cm³/mol. The van der Waals surface area contributed by atoms with Crippen LogP contribution in [0.3, 0.4) is 0 Å². The van der Waals surface area contributed by atoms with Gasteiger partial charge in [-0.1, -0.05) is 20.8 Å². The third kappa shape index (κ3) is 3.45. The summed E-state index contributed by atoms with van der Waals surface area (Å²) in [6.07, 6.45) is 0. The summed E-state index contributed by atoms with van der Waals surface area (Å²) in [5, 5.41) is 3.34. The van der Waals surface area contributed by atoms with Crippen molar-refractivity contribution in [2.45, 2.75) is 40.7 Å². The van der Waals surface area contributed by atoms with Crippen LogP contribution in [0, 0.1) is 12.3 Å². The van der Waals surface area contributed by atoms with Crippen LogP contribution in [0.15, 0.2) is 12.1 Å². The number of aromatic nitrogens is 1. The quantitative estimate of drug-likeness (QED) is 0.838. The standard InChI is InChI=1S/C14H22N2O2/c1-9-11(13(17)18-6)7-8-12(15-9)16-10(2)14(3,4)5/h7-8,10H,1-6H3,(H,15,16). The molecule has 0 aliphatic rings. The lowest BCUT2D eigenvalue weighted by atomic mass is 9.88. The van der Waals surface area contributed by atoms with Gasteiger partial charge in [0.2, 0.25) is 0 Å². The van der Waals surface area contributed by atoms with E-state index in [9.17, 15) is 4.79 Å². The van der Waals surface area contributed by atoms with Crippen LogP contribution in [0.25, 0.3) is 0 Å². The molecule has 1 atom stereocenters. The molecular formula is C14H22N2O2. The van der Waals surface area contributed by atoms with Gasteiger partial charge in [-0.15, -0.1) is 0 Å². The number of esters is 1. The number of rotatable bonds is 3. The summed E-state index contributed by atoms with van der Waals surface area (Å²) in [5.41, 5.74) is 1.33. The van der Waals surface area contributed by atoms with Gasteiger partial charge in [0.05, 0.1) is 18.4 Å². The number of aryl methyl sites for hydroxylation is 1. The van der Waals surface area contributed by atoms with Crippen LogP contribution in [0.2, 0.25) is 0 Å². The van der Waals surface area contributed by atoms with Crippen LogP contribution in [-0.4, -0.2) is 24.1 Å². The van der Waals surface area contributed by atoms with Gasteiger partial charge in [-0.25, -0.2) is 9.78 Å². The van der Waals surface area contributed by atoms with Gasteiger partial charge in [0, 0.05) is 6.04 Å². The fourth-order valence-electron chi connectivity index (χ4n) is 1.41. The Balaban J connectivity index is 2.89. The van der Waals surface area contributed by atoms with E-state index in [0.717, 1.165) is 5.82 Å². The summed E-state index contributed by atoms with van der Waals surface area (Å²) < 4.78 is 4.69. The Bertz CT molecular complexity index is 436. The summed E-state index contributed by atoms with van der Waals surface area (Å²) in [7, 11) is 1.37. The van der Waals surface area contributed by atoms with E-state index in [0.29, 0.717) is 11.3 Å². The van der Waals surface area contributed by atoms with Gasteiger partial charge in [0.25, 0.3) is 0 Å². The number of carbonyl (C=O) groups is 1. The van der Waals surface area contributed by atoms with Crippen LogP contribution < -0.4 is 5.32 Å². The monoisotopic (exact) mass is 250 g/mol. The van der Waals surface area contributed by atoms with E-state index < -0.39 is 0 Å². The lowest BCUT2D eigenvalue weighted by molar-refractivity contribution is 0.0599. The lowest BCUT2D eigenvalue weighted by Gasteiger charge is -2.28. The first-order valence-corrected chi connectivity index (χ1v) is 6.08. The Morgan fingerprint density at radius 3 is 2.44 bits per heavy atom. The van der Waals surface area contributed by atoms with E-state index in [-0.39, 0.29) is 17.4 Å². The van der Waals surface area contributed by atoms with Crippen LogP contribution >= 0.6 is 0 Å². The zero-order valence-electron chi connectivity index (χ0n) is 12.0.